The van der Waals surface area contributed by atoms with Crippen LogP contribution in [0.1, 0.15) is 50.4 Å². The highest BCUT2D eigenvalue weighted by atomic mass is 16.5. The van der Waals surface area contributed by atoms with Crippen LogP contribution in [0.25, 0.3) is 0 Å². The Labute approximate surface area is 150 Å². The first-order chi connectivity index (χ1) is 12.2. The van der Waals surface area contributed by atoms with E-state index < -0.39 is 0 Å². The lowest BCUT2D eigenvalue weighted by molar-refractivity contribution is -0.0485. The van der Waals surface area contributed by atoms with E-state index in [2.05, 4.69) is 38.7 Å². The molecule has 0 unspecified atom stereocenters. The van der Waals surface area contributed by atoms with Crippen LogP contribution in [0.5, 0.6) is 0 Å². The maximum atomic E-state index is 5.96. The minimum atomic E-state index is 0.212. The second-order valence-corrected chi connectivity index (χ2v) is 7.66. The van der Waals surface area contributed by atoms with Gasteiger partial charge in [0.25, 0.3) is 0 Å². The SMILES string of the molecule is CCN1CCO[C@H](CN2CCN([C@H](C)c3nc(C4CC4)no3)CC2)C1. The summed E-state index contributed by atoms with van der Waals surface area (Å²) in [4.78, 5) is 12.1. The van der Waals surface area contributed by atoms with E-state index >= 15 is 0 Å². The zero-order valence-electron chi connectivity index (χ0n) is 15.6. The van der Waals surface area contributed by atoms with Gasteiger partial charge in [0, 0.05) is 51.7 Å². The Morgan fingerprint density at radius 3 is 2.64 bits per heavy atom. The van der Waals surface area contributed by atoms with Gasteiger partial charge in [-0.1, -0.05) is 12.1 Å². The molecule has 1 aliphatic carbocycles. The van der Waals surface area contributed by atoms with Gasteiger partial charge in [0.15, 0.2) is 5.82 Å². The van der Waals surface area contributed by atoms with E-state index in [-0.39, 0.29) is 6.04 Å². The van der Waals surface area contributed by atoms with Crippen LogP contribution in [-0.4, -0.2) is 89.9 Å². The number of ether oxygens (including phenoxy) is 1. The van der Waals surface area contributed by atoms with Gasteiger partial charge in [-0.3, -0.25) is 14.7 Å². The highest BCUT2D eigenvalue weighted by Crippen LogP contribution is 2.38. The molecule has 2 saturated heterocycles. The van der Waals surface area contributed by atoms with Crippen molar-refractivity contribution in [3.05, 3.63) is 11.7 Å². The molecule has 1 aromatic heterocycles. The standard InChI is InChI=1S/C18H31N5O2/c1-3-21-10-11-24-16(12-21)13-22-6-8-23(9-7-22)14(2)18-19-17(20-25-18)15-4-5-15/h14-16H,3-13H2,1-2H3/t14-,16+/m1/s1. The molecule has 0 radical (unpaired) electrons. The maximum Gasteiger partial charge on any atom is 0.243 e. The van der Waals surface area contributed by atoms with Gasteiger partial charge in [-0.25, -0.2) is 0 Å². The Balaban J connectivity index is 1.24. The van der Waals surface area contributed by atoms with E-state index in [9.17, 15) is 0 Å². The molecule has 0 aromatic carbocycles. The number of nitrogens with zero attached hydrogens (tertiary/aromatic N) is 5. The molecule has 0 spiro atoms. The lowest BCUT2D eigenvalue weighted by atomic mass is 10.2. The number of morpholine rings is 1. The predicted molar refractivity (Wildman–Crippen MR) is 94.6 cm³/mol. The van der Waals surface area contributed by atoms with Crippen LogP contribution in [0.2, 0.25) is 0 Å². The van der Waals surface area contributed by atoms with Crippen molar-refractivity contribution < 1.29 is 9.26 Å². The monoisotopic (exact) mass is 349 g/mol. The number of likely N-dealkylation sites (N-methyl/N-ethyl adjacent to an activating group) is 1. The molecular formula is C18H31N5O2. The average molecular weight is 349 g/mol. The molecule has 2 aliphatic heterocycles. The number of piperazine rings is 1. The number of hydrogen-bond acceptors (Lipinski definition) is 7. The Morgan fingerprint density at radius 1 is 1.12 bits per heavy atom. The fourth-order valence-corrected chi connectivity index (χ4v) is 3.88. The molecule has 0 bridgehead atoms. The lowest BCUT2D eigenvalue weighted by Gasteiger charge is -2.40. The van der Waals surface area contributed by atoms with Crippen molar-refractivity contribution in [3.63, 3.8) is 0 Å². The van der Waals surface area contributed by atoms with Crippen LogP contribution in [0.4, 0.5) is 0 Å². The van der Waals surface area contributed by atoms with E-state index in [1.165, 1.54) is 12.8 Å². The largest absolute Gasteiger partial charge is 0.374 e. The topological polar surface area (TPSA) is 57.9 Å². The first kappa shape index (κ1) is 17.4. The molecule has 3 heterocycles. The van der Waals surface area contributed by atoms with E-state index in [0.717, 1.165) is 70.7 Å². The van der Waals surface area contributed by atoms with Gasteiger partial charge in [-0.05, 0) is 26.3 Å². The van der Waals surface area contributed by atoms with Crippen molar-refractivity contribution >= 4 is 0 Å². The molecule has 1 saturated carbocycles. The molecule has 25 heavy (non-hydrogen) atoms. The molecule has 7 heteroatoms. The highest BCUT2D eigenvalue weighted by Gasteiger charge is 2.32. The highest BCUT2D eigenvalue weighted by molar-refractivity contribution is 5.04. The van der Waals surface area contributed by atoms with Gasteiger partial charge in [0.1, 0.15) is 0 Å². The van der Waals surface area contributed by atoms with Crippen LogP contribution in [-0.2, 0) is 4.74 Å². The van der Waals surface area contributed by atoms with E-state index in [0.29, 0.717) is 12.0 Å². The molecule has 7 nitrogen and oxygen atoms in total. The summed E-state index contributed by atoms with van der Waals surface area (Å²) in [6.45, 7) is 13.9. The van der Waals surface area contributed by atoms with Gasteiger partial charge in [-0.2, -0.15) is 4.98 Å². The van der Waals surface area contributed by atoms with E-state index in [1.807, 2.05) is 0 Å². The average Bonchev–Trinajstić information content (AvgIpc) is 3.39. The fraction of sp³-hybridized carbons (Fsp3) is 0.889. The summed E-state index contributed by atoms with van der Waals surface area (Å²) in [7, 11) is 0. The minimum absolute atomic E-state index is 0.212. The van der Waals surface area contributed by atoms with Crippen LogP contribution in [0, 0.1) is 0 Å². The quantitative estimate of drug-likeness (QED) is 0.768. The third kappa shape index (κ3) is 4.22. The molecule has 3 aliphatic rings. The second kappa shape index (κ2) is 7.70. The fourth-order valence-electron chi connectivity index (χ4n) is 3.88. The van der Waals surface area contributed by atoms with Crippen LogP contribution in [0.15, 0.2) is 4.52 Å². The van der Waals surface area contributed by atoms with Gasteiger partial charge in [0.2, 0.25) is 5.89 Å². The van der Waals surface area contributed by atoms with E-state index in [1.54, 1.807) is 0 Å². The predicted octanol–water partition coefficient (Wildman–Crippen LogP) is 1.35. The molecular weight excluding hydrogens is 318 g/mol. The first-order valence-corrected chi connectivity index (χ1v) is 9.86. The summed E-state index contributed by atoms with van der Waals surface area (Å²) in [5.74, 6) is 2.25. The van der Waals surface area contributed by atoms with Crippen molar-refractivity contribution in [3.8, 4) is 0 Å². The number of rotatable bonds is 6. The Hall–Kier alpha value is -1.02. The molecule has 140 valence electrons. The summed E-state index contributed by atoms with van der Waals surface area (Å²) in [5.41, 5.74) is 0. The summed E-state index contributed by atoms with van der Waals surface area (Å²) < 4.78 is 11.5. The van der Waals surface area contributed by atoms with Crippen LogP contribution in [0.3, 0.4) is 0 Å². The van der Waals surface area contributed by atoms with Crippen molar-refractivity contribution in [2.24, 2.45) is 0 Å². The van der Waals surface area contributed by atoms with Gasteiger partial charge in [0.05, 0.1) is 18.8 Å². The Morgan fingerprint density at radius 2 is 1.92 bits per heavy atom. The third-order valence-corrected chi connectivity index (χ3v) is 5.84. The molecule has 0 N–H and O–H groups in total. The van der Waals surface area contributed by atoms with Gasteiger partial charge < -0.3 is 9.26 Å². The van der Waals surface area contributed by atoms with Crippen LogP contribution >= 0.6 is 0 Å². The molecule has 1 aromatic rings. The number of aromatic nitrogens is 2. The molecule has 0 amide bonds. The normalized spacial score (nSPS) is 28.3. The molecule has 4 rings (SSSR count). The third-order valence-electron chi connectivity index (χ3n) is 5.84. The number of hydrogen-bond donors (Lipinski definition) is 0. The van der Waals surface area contributed by atoms with Crippen LogP contribution < -0.4 is 0 Å². The van der Waals surface area contributed by atoms with E-state index in [4.69, 9.17) is 9.26 Å². The summed E-state index contributed by atoms with van der Waals surface area (Å²) >= 11 is 0. The Kier molecular flexibility index (Phi) is 5.36. The van der Waals surface area contributed by atoms with Crippen molar-refractivity contribution in [2.75, 3.05) is 59.0 Å². The summed E-state index contributed by atoms with van der Waals surface area (Å²) in [6, 6.07) is 0.212. The van der Waals surface area contributed by atoms with Crippen molar-refractivity contribution in [1.82, 2.24) is 24.8 Å². The zero-order valence-corrected chi connectivity index (χ0v) is 15.6. The smallest absolute Gasteiger partial charge is 0.243 e. The minimum Gasteiger partial charge on any atom is -0.374 e. The zero-order chi connectivity index (χ0) is 17.2. The van der Waals surface area contributed by atoms with Crippen molar-refractivity contribution in [2.45, 2.75) is 44.8 Å². The van der Waals surface area contributed by atoms with Crippen molar-refractivity contribution in [1.29, 1.82) is 0 Å². The molecule has 2 atom stereocenters. The van der Waals surface area contributed by atoms with Gasteiger partial charge in [-0.15, -0.1) is 0 Å². The lowest BCUT2D eigenvalue weighted by Crippen LogP contribution is -2.52. The maximum absolute atomic E-state index is 5.96. The Bertz CT molecular complexity index is 553. The second-order valence-electron chi connectivity index (χ2n) is 7.66. The summed E-state index contributed by atoms with van der Waals surface area (Å²) in [6.07, 6.45) is 2.78. The first-order valence-electron chi connectivity index (χ1n) is 9.86. The molecule has 3 fully saturated rings. The summed E-state index contributed by atoms with van der Waals surface area (Å²) in [5, 5.41) is 4.16. The van der Waals surface area contributed by atoms with Gasteiger partial charge >= 0.3 is 0 Å².